The van der Waals surface area contributed by atoms with Crippen LogP contribution in [0.1, 0.15) is 6.92 Å². The maximum atomic E-state index is 15.1. The Balaban J connectivity index is 1.64. The van der Waals surface area contributed by atoms with Crippen molar-refractivity contribution in [1.29, 1.82) is 4.78 Å². The van der Waals surface area contributed by atoms with E-state index in [4.69, 9.17) is 28.0 Å². The van der Waals surface area contributed by atoms with Crippen molar-refractivity contribution in [1.82, 2.24) is 9.97 Å². The molecule has 0 aliphatic heterocycles. The minimum atomic E-state index is -4.24. The van der Waals surface area contributed by atoms with Crippen molar-refractivity contribution in [2.75, 3.05) is 22.0 Å². The number of benzene rings is 3. The van der Waals surface area contributed by atoms with Gasteiger partial charge >= 0.3 is 0 Å². The molecule has 5 N–H and O–H groups in total. The van der Waals surface area contributed by atoms with Crippen LogP contribution in [0, 0.1) is 10.6 Å². The molecule has 0 aliphatic carbocycles. The van der Waals surface area contributed by atoms with E-state index in [9.17, 15) is 17.7 Å². The summed E-state index contributed by atoms with van der Waals surface area (Å²) in [6.45, 7) is 1.51. The number of aromatic nitrogens is 2. The fourth-order valence-corrected chi connectivity index (χ4v) is 5.70. The van der Waals surface area contributed by atoms with Gasteiger partial charge in [0.2, 0.25) is 5.95 Å². The van der Waals surface area contributed by atoms with Crippen molar-refractivity contribution in [3.05, 3.63) is 82.7 Å². The first-order valence-corrected chi connectivity index (χ1v) is 14.9. The Morgan fingerprint density at radius 1 is 1.12 bits per heavy atom. The van der Waals surface area contributed by atoms with Crippen LogP contribution in [0.15, 0.2) is 76.7 Å². The van der Waals surface area contributed by atoms with Crippen LogP contribution in [0.5, 0.6) is 0 Å². The molecule has 1 atom stereocenters. The van der Waals surface area contributed by atoms with Crippen LogP contribution in [-0.2, 0) is 24.8 Å². The lowest BCUT2D eigenvalue weighted by molar-refractivity contribution is 0.281. The quantitative estimate of drug-likeness (QED) is 0.134. The molecule has 1 unspecified atom stereocenters. The molecule has 1 heterocycles. The Morgan fingerprint density at radius 2 is 1.85 bits per heavy atom. The highest BCUT2D eigenvalue weighted by atomic mass is 35.5. The van der Waals surface area contributed by atoms with E-state index >= 15 is 4.39 Å². The average Bonchev–Trinajstić information content (AvgIpc) is 2.91. The van der Waals surface area contributed by atoms with Gasteiger partial charge in [-0.05, 0) is 48.9 Å². The van der Waals surface area contributed by atoms with E-state index in [-0.39, 0.29) is 39.0 Å². The fraction of sp³-hybridized carbons (Fsp3) is 0.120. The van der Waals surface area contributed by atoms with Gasteiger partial charge in [0, 0.05) is 23.5 Å². The largest absolute Gasteiger partial charge is 0.440 e. The predicted molar refractivity (Wildman–Crippen MR) is 154 cm³/mol. The number of nitrogens with one attached hydrogen (secondary N) is 4. The Hall–Kier alpha value is -3.49. The van der Waals surface area contributed by atoms with Gasteiger partial charge in [-0.15, -0.1) is 0 Å². The second kappa shape index (κ2) is 12.4. The summed E-state index contributed by atoms with van der Waals surface area (Å²) in [6, 6.07) is 13.9. The first-order chi connectivity index (χ1) is 19.0. The van der Waals surface area contributed by atoms with E-state index in [2.05, 4.69) is 25.3 Å². The van der Waals surface area contributed by atoms with E-state index in [1.165, 1.54) is 48.7 Å². The van der Waals surface area contributed by atoms with Crippen LogP contribution in [0.4, 0.5) is 27.5 Å². The molecule has 0 amide bonds. The highest BCUT2D eigenvalue weighted by Gasteiger charge is 2.22. The molecule has 0 aliphatic rings. The van der Waals surface area contributed by atoms with E-state index in [0.717, 1.165) is 6.07 Å². The van der Waals surface area contributed by atoms with Gasteiger partial charge in [-0.3, -0.25) is 4.72 Å². The fourth-order valence-electron chi connectivity index (χ4n) is 3.49. The molecule has 0 fully saturated rings. The molecule has 0 bridgehead atoms. The SMILES string of the molecule is CC(CO)Nc1nc(Nc2ccc([S-](=N)=O)cc2)ncc1-c1ccc(NS(=O)(=O)c2cccc(Cl)c2Cl)c(F)c1. The molecular formula is C25H22Cl2FN6O4S2-. The zero-order valence-corrected chi connectivity index (χ0v) is 23.8. The molecule has 0 saturated heterocycles. The molecule has 0 saturated carbocycles. The Labute approximate surface area is 241 Å². The van der Waals surface area contributed by atoms with Crippen LogP contribution in [0.3, 0.4) is 0 Å². The smallest absolute Gasteiger partial charge is 0.263 e. The van der Waals surface area contributed by atoms with Gasteiger partial charge in [0.05, 0.1) is 22.3 Å². The third-order valence-electron chi connectivity index (χ3n) is 5.50. The summed E-state index contributed by atoms with van der Waals surface area (Å²) < 4.78 is 61.6. The minimum absolute atomic E-state index is 0.0386. The predicted octanol–water partition coefficient (Wildman–Crippen LogP) is 6.01. The van der Waals surface area contributed by atoms with E-state index in [1.807, 2.05) is 0 Å². The number of aliphatic hydroxyl groups excluding tert-OH is 1. The summed E-state index contributed by atoms with van der Waals surface area (Å²) in [6.07, 6.45) is 1.44. The van der Waals surface area contributed by atoms with Crippen molar-refractivity contribution in [2.45, 2.75) is 22.8 Å². The molecule has 4 aromatic rings. The molecule has 1 aromatic heterocycles. The van der Waals surface area contributed by atoms with Gasteiger partial charge in [0.15, 0.2) is 0 Å². The number of halogens is 3. The van der Waals surface area contributed by atoms with E-state index in [0.29, 0.717) is 21.7 Å². The van der Waals surface area contributed by atoms with Crippen LogP contribution < -0.4 is 15.4 Å². The zero-order valence-electron chi connectivity index (χ0n) is 20.7. The third kappa shape index (κ3) is 6.80. The number of hydrogen-bond donors (Lipinski definition) is 5. The maximum absolute atomic E-state index is 15.1. The summed E-state index contributed by atoms with van der Waals surface area (Å²) in [5.74, 6) is -0.407. The first-order valence-electron chi connectivity index (χ1n) is 11.5. The number of nitrogens with zero attached hydrogens (tertiary/aromatic N) is 2. The summed E-state index contributed by atoms with van der Waals surface area (Å²) in [5, 5.41) is 15.4. The minimum Gasteiger partial charge on any atom is -0.440 e. The van der Waals surface area contributed by atoms with Gasteiger partial charge in [0.25, 0.3) is 10.0 Å². The van der Waals surface area contributed by atoms with Gasteiger partial charge in [0.1, 0.15) is 16.5 Å². The summed E-state index contributed by atoms with van der Waals surface area (Å²) in [7, 11) is -6.11. The normalized spacial score (nSPS) is 12.2. The van der Waals surface area contributed by atoms with Crippen molar-refractivity contribution >= 4 is 67.0 Å². The number of aliphatic hydroxyl groups is 1. The monoisotopic (exact) mass is 623 g/mol. The molecule has 0 radical (unpaired) electrons. The van der Waals surface area contributed by atoms with Crippen molar-refractivity contribution in [3.8, 4) is 11.1 Å². The van der Waals surface area contributed by atoms with Gasteiger partial charge < -0.3 is 24.7 Å². The van der Waals surface area contributed by atoms with Crippen LogP contribution in [0.25, 0.3) is 11.1 Å². The Morgan fingerprint density at radius 3 is 2.50 bits per heavy atom. The highest BCUT2D eigenvalue weighted by Crippen LogP contribution is 2.33. The first kappa shape index (κ1) is 29.5. The zero-order chi connectivity index (χ0) is 29.0. The standard InChI is InChI=1S/C25H22Cl2FN6O4S2/c1-14(13-35)31-24-18(12-30-25(33-24)32-16-6-8-17(9-7-16)39(29)36)15-5-10-21(20(28)11-15)34-40(37,38)22-4-2-3-19(26)23(22)27/h2-12,14,29,34-35H,13H2,1H3,(H2,30,31,32,33)/q-1. The summed E-state index contributed by atoms with van der Waals surface area (Å²) in [4.78, 5) is 8.78. The Kier molecular flexibility index (Phi) is 9.11. The summed E-state index contributed by atoms with van der Waals surface area (Å²) >= 11 is 12.0. The third-order valence-corrected chi connectivity index (χ3v) is 8.54. The van der Waals surface area contributed by atoms with E-state index < -0.39 is 32.5 Å². The molecule has 10 nitrogen and oxygen atoms in total. The summed E-state index contributed by atoms with van der Waals surface area (Å²) in [5.41, 5.74) is 0.986. The second-order valence-corrected chi connectivity index (χ2v) is 11.9. The molecule has 210 valence electrons. The van der Waals surface area contributed by atoms with E-state index in [1.54, 1.807) is 19.1 Å². The number of anilines is 4. The van der Waals surface area contributed by atoms with Gasteiger partial charge in [-0.1, -0.05) is 52.4 Å². The lowest BCUT2D eigenvalue weighted by Crippen LogP contribution is -2.21. The topological polar surface area (TPSA) is 157 Å². The second-order valence-electron chi connectivity index (χ2n) is 8.45. The maximum Gasteiger partial charge on any atom is 0.263 e. The molecular weight excluding hydrogens is 602 g/mol. The Bertz CT molecular complexity index is 1730. The molecule has 4 rings (SSSR count). The number of rotatable bonds is 10. The lowest BCUT2D eigenvalue weighted by atomic mass is 10.1. The van der Waals surface area contributed by atoms with Crippen LogP contribution >= 0.6 is 23.2 Å². The van der Waals surface area contributed by atoms with Gasteiger partial charge in [-0.25, -0.2) is 17.8 Å². The van der Waals surface area contributed by atoms with Crippen LogP contribution in [0.2, 0.25) is 10.0 Å². The van der Waals surface area contributed by atoms with Gasteiger partial charge in [-0.2, -0.15) is 15.6 Å². The molecule has 0 spiro atoms. The van der Waals surface area contributed by atoms with Crippen LogP contribution in [-0.4, -0.2) is 36.1 Å². The number of hydrogen-bond acceptors (Lipinski definition) is 10. The van der Waals surface area contributed by atoms with Crippen molar-refractivity contribution in [3.63, 3.8) is 0 Å². The van der Waals surface area contributed by atoms with Crippen molar-refractivity contribution in [2.24, 2.45) is 0 Å². The molecule has 40 heavy (non-hydrogen) atoms. The lowest BCUT2D eigenvalue weighted by Gasteiger charge is -2.17. The number of sulfonamides is 1. The average molecular weight is 625 g/mol. The van der Waals surface area contributed by atoms with Crippen molar-refractivity contribution < 1.29 is 22.1 Å². The highest BCUT2D eigenvalue weighted by molar-refractivity contribution is 7.92. The molecule has 3 aromatic carbocycles. The molecule has 15 heteroatoms.